The van der Waals surface area contributed by atoms with Crippen molar-refractivity contribution in [1.29, 1.82) is 0 Å². The van der Waals surface area contributed by atoms with E-state index in [2.05, 4.69) is 0 Å². The number of esters is 1. The summed E-state index contributed by atoms with van der Waals surface area (Å²) in [7, 11) is 0. The van der Waals surface area contributed by atoms with Gasteiger partial charge in [-0.15, -0.1) is 0 Å². The quantitative estimate of drug-likeness (QED) is 0.755. The molecule has 1 atom stereocenters. The Morgan fingerprint density at radius 1 is 1.00 bits per heavy atom. The van der Waals surface area contributed by atoms with Crippen LogP contribution in [0.1, 0.15) is 55.8 Å². The largest absolute Gasteiger partial charge is 0.486 e. The average molecular weight is 370 g/mol. The number of ether oxygens (including phenoxy) is 3. The van der Waals surface area contributed by atoms with Gasteiger partial charge in [-0.3, -0.25) is 4.79 Å². The van der Waals surface area contributed by atoms with Crippen LogP contribution in [0.2, 0.25) is 0 Å². The SMILES string of the molecule is C[C@@H](OC(=O)c1ccc2c(c1)OCCO2)C(=O)C12CC3CC(CC(C3)C1)C2. The molecular formula is C22H26O5. The topological polar surface area (TPSA) is 61.8 Å². The molecule has 4 saturated carbocycles. The van der Waals surface area contributed by atoms with Gasteiger partial charge in [0, 0.05) is 5.41 Å². The maximum Gasteiger partial charge on any atom is 0.338 e. The number of carbonyl (C=O) groups is 2. The van der Waals surface area contributed by atoms with Gasteiger partial charge in [0.05, 0.1) is 5.56 Å². The second-order valence-corrected chi connectivity index (χ2v) is 8.97. The predicted octanol–water partition coefficient (Wildman–Crippen LogP) is 3.79. The van der Waals surface area contributed by atoms with Gasteiger partial charge in [0.1, 0.15) is 13.2 Å². The van der Waals surface area contributed by atoms with Crippen LogP contribution in [0.5, 0.6) is 11.5 Å². The Labute approximate surface area is 159 Å². The van der Waals surface area contributed by atoms with E-state index in [0.717, 1.165) is 19.3 Å². The maximum absolute atomic E-state index is 13.3. The van der Waals surface area contributed by atoms with Gasteiger partial charge in [0.25, 0.3) is 0 Å². The fourth-order valence-corrected chi connectivity index (χ4v) is 6.30. The Bertz CT molecular complexity index is 748. The molecule has 0 radical (unpaired) electrons. The van der Waals surface area contributed by atoms with Crippen molar-refractivity contribution >= 4 is 11.8 Å². The van der Waals surface area contributed by atoms with Gasteiger partial charge in [-0.05, 0) is 81.4 Å². The highest BCUT2D eigenvalue weighted by Crippen LogP contribution is 2.60. The summed E-state index contributed by atoms with van der Waals surface area (Å²) >= 11 is 0. The highest BCUT2D eigenvalue weighted by molar-refractivity contribution is 5.95. The van der Waals surface area contributed by atoms with Gasteiger partial charge in [-0.1, -0.05) is 0 Å². The molecule has 1 heterocycles. The molecule has 0 amide bonds. The van der Waals surface area contributed by atoms with Crippen LogP contribution in [0.25, 0.3) is 0 Å². The van der Waals surface area contributed by atoms with Crippen LogP contribution < -0.4 is 9.47 Å². The fraction of sp³-hybridized carbons (Fsp3) is 0.636. The van der Waals surface area contributed by atoms with E-state index in [9.17, 15) is 9.59 Å². The van der Waals surface area contributed by atoms with Crippen molar-refractivity contribution in [2.45, 2.75) is 51.6 Å². The number of hydrogen-bond donors (Lipinski definition) is 0. The van der Waals surface area contributed by atoms with Crippen molar-refractivity contribution in [3.8, 4) is 11.5 Å². The summed E-state index contributed by atoms with van der Waals surface area (Å²) in [6, 6.07) is 5.02. The van der Waals surface area contributed by atoms with Gasteiger partial charge in [-0.2, -0.15) is 0 Å². The standard InChI is InChI=1S/C22H26O5/c1-13(20(23)22-10-14-6-15(11-22)8-16(7-14)12-22)27-21(24)17-2-3-18-19(9-17)26-5-4-25-18/h2-3,9,13-16H,4-8,10-12H2,1H3/t13-,14?,15?,16?,22?/m1/s1. The summed E-state index contributed by atoms with van der Waals surface area (Å²) < 4.78 is 16.6. The summed E-state index contributed by atoms with van der Waals surface area (Å²) in [5.41, 5.74) is 0.144. The van der Waals surface area contributed by atoms with E-state index in [4.69, 9.17) is 14.2 Å². The van der Waals surface area contributed by atoms with Crippen LogP contribution in [0.15, 0.2) is 18.2 Å². The van der Waals surface area contributed by atoms with E-state index in [1.165, 1.54) is 19.3 Å². The monoisotopic (exact) mass is 370 g/mol. The van der Waals surface area contributed by atoms with E-state index >= 15 is 0 Å². The van der Waals surface area contributed by atoms with Crippen LogP contribution in [0.4, 0.5) is 0 Å². The molecule has 1 aliphatic heterocycles. The molecule has 0 N–H and O–H groups in total. The van der Waals surface area contributed by atoms with Crippen LogP contribution in [0.3, 0.4) is 0 Å². The number of Topliss-reactive ketones (excluding diaryl/α,β-unsaturated/α-hetero) is 1. The van der Waals surface area contributed by atoms with Gasteiger partial charge < -0.3 is 14.2 Å². The van der Waals surface area contributed by atoms with E-state index < -0.39 is 12.1 Å². The molecule has 27 heavy (non-hydrogen) atoms. The summed E-state index contributed by atoms with van der Waals surface area (Å²) in [4.78, 5) is 25.9. The lowest BCUT2D eigenvalue weighted by atomic mass is 9.48. The number of rotatable bonds is 4. The molecular weight excluding hydrogens is 344 g/mol. The van der Waals surface area contributed by atoms with E-state index in [-0.39, 0.29) is 11.2 Å². The van der Waals surface area contributed by atoms with E-state index in [0.29, 0.717) is 48.0 Å². The Kier molecular flexibility index (Phi) is 3.95. The van der Waals surface area contributed by atoms with E-state index in [1.54, 1.807) is 25.1 Å². The Hall–Kier alpha value is -2.04. The first-order valence-electron chi connectivity index (χ1n) is 10.2. The normalized spacial score (nSPS) is 34.2. The zero-order chi connectivity index (χ0) is 18.6. The van der Waals surface area contributed by atoms with Gasteiger partial charge in [0.2, 0.25) is 0 Å². The number of benzene rings is 1. The molecule has 5 nitrogen and oxygen atoms in total. The van der Waals surface area contributed by atoms with Gasteiger partial charge in [0.15, 0.2) is 23.4 Å². The minimum atomic E-state index is -0.707. The van der Waals surface area contributed by atoms with Crippen molar-refractivity contribution in [1.82, 2.24) is 0 Å². The second-order valence-electron chi connectivity index (χ2n) is 8.97. The smallest absolute Gasteiger partial charge is 0.338 e. The second kappa shape index (κ2) is 6.25. The minimum Gasteiger partial charge on any atom is -0.486 e. The molecule has 1 aromatic rings. The highest BCUT2D eigenvalue weighted by Gasteiger charge is 2.55. The number of hydrogen-bond acceptors (Lipinski definition) is 5. The maximum atomic E-state index is 13.3. The predicted molar refractivity (Wildman–Crippen MR) is 97.9 cm³/mol. The third-order valence-electron chi connectivity index (χ3n) is 6.99. The highest BCUT2D eigenvalue weighted by atomic mass is 16.6. The number of carbonyl (C=O) groups excluding carboxylic acids is 2. The summed E-state index contributed by atoms with van der Waals surface area (Å²) in [6.45, 7) is 2.71. The molecule has 0 spiro atoms. The van der Waals surface area contributed by atoms with Crippen molar-refractivity contribution in [2.75, 3.05) is 13.2 Å². The zero-order valence-electron chi connectivity index (χ0n) is 15.7. The number of fused-ring (bicyclic) bond motifs is 1. The molecule has 144 valence electrons. The molecule has 4 bridgehead atoms. The first-order valence-corrected chi connectivity index (χ1v) is 10.2. The number of ketones is 1. The third kappa shape index (κ3) is 2.91. The van der Waals surface area contributed by atoms with Crippen molar-refractivity contribution in [2.24, 2.45) is 23.2 Å². The third-order valence-corrected chi connectivity index (χ3v) is 6.99. The zero-order valence-corrected chi connectivity index (χ0v) is 15.7. The van der Waals surface area contributed by atoms with Crippen LogP contribution in [-0.2, 0) is 9.53 Å². The van der Waals surface area contributed by atoms with Crippen LogP contribution >= 0.6 is 0 Å². The first kappa shape index (κ1) is 17.1. The summed E-state index contributed by atoms with van der Waals surface area (Å²) in [5, 5.41) is 0. The lowest BCUT2D eigenvalue weighted by Crippen LogP contribution is -2.52. The Morgan fingerprint density at radius 2 is 1.59 bits per heavy atom. The lowest BCUT2D eigenvalue weighted by Gasteiger charge is -2.56. The molecule has 0 saturated heterocycles. The molecule has 1 aromatic carbocycles. The summed E-state index contributed by atoms with van der Waals surface area (Å²) in [6.07, 6.45) is 6.13. The Balaban J connectivity index is 1.29. The molecule has 6 rings (SSSR count). The van der Waals surface area contributed by atoms with Crippen LogP contribution in [0, 0.1) is 23.2 Å². The van der Waals surface area contributed by atoms with Crippen molar-refractivity contribution in [3.63, 3.8) is 0 Å². The first-order chi connectivity index (χ1) is 13.0. The molecule has 5 heteroatoms. The van der Waals surface area contributed by atoms with Crippen molar-refractivity contribution < 1.29 is 23.8 Å². The Morgan fingerprint density at radius 3 is 2.22 bits per heavy atom. The lowest BCUT2D eigenvalue weighted by molar-refractivity contribution is -0.152. The summed E-state index contributed by atoms with van der Waals surface area (Å²) in [5.74, 6) is 2.93. The van der Waals surface area contributed by atoms with Crippen molar-refractivity contribution in [3.05, 3.63) is 23.8 Å². The minimum absolute atomic E-state index is 0.132. The average Bonchev–Trinajstić information content (AvgIpc) is 2.65. The molecule has 5 aliphatic rings. The van der Waals surface area contributed by atoms with Gasteiger partial charge in [-0.25, -0.2) is 4.79 Å². The van der Waals surface area contributed by atoms with E-state index in [1.807, 2.05) is 0 Å². The molecule has 0 unspecified atom stereocenters. The molecule has 4 aliphatic carbocycles. The van der Waals surface area contributed by atoms with Gasteiger partial charge >= 0.3 is 5.97 Å². The molecule has 4 fully saturated rings. The van der Waals surface area contributed by atoms with Crippen LogP contribution in [-0.4, -0.2) is 31.1 Å². The molecule has 0 aromatic heterocycles. The fourth-order valence-electron chi connectivity index (χ4n) is 6.30.